The number of anilines is 1. The Morgan fingerprint density at radius 2 is 1.90 bits per heavy atom. The van der Waals surface area contributed by atoms with E-state index in [9.17, 15) is 13.2 Å². The molecule has 0 atom stereocenters. The molecule has 0 bridgehead atoms. The van der Waals surface area contributed by atoms with Crippen molar-refractivity contribution in [1.29, 1.82) is 0 Å². The third-order valence-electron chi connectivity index (χ3n) is 5.87. The molecule has 1 amide bonds. The maximum atomic E-state index is 13.2. The predicted octanol–water partition coefficient (Wildman–Crippen LogP) is 3.10. The normalized spacial score (nSPS) is 18.8. The quantitative estimate of drug-likeness (QED) is 0.636. The van der Waals surface area contributed by atoms with Gasteiger partial charge in [-0.25, -0.2) is 8.42 Å². The number of benzene rings is 2. The van der Waals surface area contributed by atoms with Gasteiger partial charge in [-0.2, -0.15) is 4.31 Å². The fourth-order valence-corrected chi connectivity index (χ4v) is 5.69. The van der Waals surface area contributed by atoms with E-state index in [-0.39, 0.29) is 10.8 Å². The number of amides is 1. The molecule has 1 fully saturated rings. The molecule has 7 nitrogen and oxygen atoms in total. The van der Waals surface area contributed by atoms with Gasteiger partial charge >= 0.3 is 0 Å². The Hall–Kier alpha value is -2.94. The highest BCUT2D eigenvalue weighted by atomic mass is 32.2. The van der Waals surface area contributed by atoms with Gasteiger partial charge in [-0.3, -0.25) is 4.79 Å². The second-order valence-electron chi connectivity index (χ2n) is 7.59. The topological polar surface area (TPSA) is 82.7 Å². The molecule has 0 spiro atoms. The van der Waals surface area contributed by atoms with Gasteiger partial charge in [-0.05, 0) is 37.3 Å². The van der Waals surface area contributed by atoms with Crippen molar-refractivity contribution in [3.05, 3.63) is 59.8 Å². The zero-order valence-electron chi connectivity index (χ0n) is 17.2. The smallest absolute Gasteiger partial charge is 0.258 e. The number of rotatable bonds is 4. The summed E-state index contributed by atoms with van der Waals surface area (Å²) in [7, 11) is -3.66. The zero-order chi connectivity index (χ0) is 21.6. The predicted molar refractivity (Wildman–Crippen MR) is 120 cm³/mol. The molecular formula is C23H23N3O4S. The van der Waals surface area contributed by atoms with Gasteiger partial charge in [0, 0.05) is 53.4 Å². The Bertz CT molecular complexity index is 1300. The number of H-pyrrole nitrogens is 1. The molecular weight excluding hydrogens is 414 g/mol. The standard InChI is InChI=1S/C23H23N3O4S/c1-2-26-22-8-7-17(31(28,29)25-9-11-30-12-10-25)14-19(22)20(23(26)27)13-16-15-24-21-6-4-3-5-18(16)21/h3-8,13-15,24H,2,9-12H2,1H3. The minimum absolute atomic E-state index is 0.122. The fraction of sp³-hybridized carbons (Fsp3) is 0.261. The van der Waals surface area contributed by atoms with E-state index in [1.165, 1.54) is 4.31 Å². The van der Waals surface area contributed by atoms with Crippen molar-refractivity contribution in [3.8, 4) is 0 Å². The van der Waals surface area contributed by atoms with Crippen molar-refractivity contribution in [3.63, 3.8) is 0 Å². The Morgan fingerprint density at radius 3 is 2.68 bits per heavy atom. The average Bonchev–Trinajstić information content (AvgIpc) is 3.33. The number of carbonyl (C=O) groups is 1. The van der Waals surface area contributed by atoms with E-state index in [2.05, 4.69) is 4.98 Å². The number of hydrogen-bond donors (Lipinski definition) is 1. The second kappa shape index (κ2) is 7.64. The molecule has 5 rings (SSSR count). The van der Waals surface area contributed by atoms with E-state index in [1.807, 2.05) is 43.5 Å². The molecule has 3 aromatic rings. The lowest BCUT2D eigenvalue weighted by molar-refractivity contribution is -0.112. The van der Waals surface area contributed by atoms with Gasteiger partial charge in [0.2, 0.25) is 10.0 Å². The van der Waals surface area contributed by atoms with Gasteiger partial charge < -0.3 is 14.6 Å². The van der Waals surface area contributed by atoms with Crippen molar-refractivity contribution in [2.24, 2.45) is 0 Å². The van der Waals surface area contributed by atoms with Crippen LogP contribution in [-0.2, 0) is 19.6 Å². The van der Waals surface area contributed by atoms with E-state index >= 15 is 0 Å². The summed E-state index contributed by atoms with van der Waals surface area (Å²) in [5.41, 5.74) is 3.76. The highest BCUT2D eigenvalue weighted by molar-refractivity contribution is 7.89. The van der Waals surface area contributed by atoms with Crippen LogP contribution in [0.15, 0.2) is 53.6 Å². The van der Waals surface area contributed by atoms with E-state index in [4.69, 9.17) is 4.74 Å². The first-order valence-corrected chi connectivity index (χ1v) is 11.8. The van der Waals surface area contributed by atoms with Crippen LogP contribution in [0.4, 0.5) is 5.69 Å². The number of hydrogen-bond acceptors (Lipinski definition) is 4. The number of morpholine rings is 1. The first-order chi connectivity index (χ1) is 15.0. The molecule has 31 heavy (non-hydrogen) atoms. The molecule has 3 heterocycles. The van der Waals surface area contributed by atoms with Crippen molar-refractivity contribution >= 4 is 44.2 Å². The SMILES string of the molecule is CCN1C(=O)C(=Cc2c[nH]c3ccccc23)c2cc(S(=O)(=O)N3CCOCC3)ccc21. The first-order valence-electron chi connectivity index (χ1n) is 10.3. The zero-order valence-corrected chi connectivity index (χ0v) is 18.0. The van der Waals surface area contributed by atoms with Crippen LogP contribution in [-0.4, -0.2) is 56.5 Å². The number of ether oxygens (including phenoxy) is 1. The van der Waals surface area contributed by atoms with Crippen molar-refractivity contribution in [2.75, 3.05) is 37.7 Å². The summed E-state index contributed by atoms with van der Waals surface area (Å²) in [6, 6.07) is 12.8. The molecule has 8 heteroatoms. The number of nitrogens with one attached hydrogen (secondary N) is 1. The first kappa shape index (κ1) is 20.0. The van der Waals surface area contributed by atoms with E-state index in [1.54, 1.807) is 23.1 Å². The third-order valence-corrected chi connectivity index (χ3v) is 7.76. The minimum Gasteiger partial charge on any atom is -0.379 e. The third kappa shape index (κ3) is 3.27. The Kier molecular flexibility index (Phi) is 4.92. The summed E-state index contributed by atoms with van der Waals surface area (Å²) in [5, 5.41) is 1.01. The number of sulfonamides is 1. The van der Waals surface area contributed by atoms with Gasteiger partial charge in [0.1, 0.15) is 0 Å². The molecule has 160 valence electrons. The van der Waals surface area contributed by atoms with Crippen LogP contribution >= 0.6 is 0 Å². The highest BCUT2D eigenvalue weighted by Gasteiger charge is 2.34. The second-order valence-corrected chi connectivity index (χ2v) is 9.53. The largest absolute Gasteiger partial charge is 0.379 e. The monoisotopic (exact) mass is 437 g/mol. The maximum absolute atomic E-state index is 13.2. The summed E-state index contributed by atoms with van der Waals surface area (Å²) >= 11 is 0. The Balaban J connectivity index is 1.63. The molecule has 2 aliphatic heterocycles. The lowest BCUT2D eigenvalue weighted by Gasteiger charge is -2.26. The number of carbonyl (C=O) groups excluding carboxylic acids is 1. The van der Waals surface area contributed by atoms with Crippen molar-refractivity contribution < 1.29 is 17.9 Å². The van der Waals surface area contributed by atoms with Crippen molar-refractivity contribution in [1.82, 2.24) is 9.29 Å². The van der Waals surface area contributed by atoms with E-state index in [0.29, 0.717) is 44.0 Å². The van der Waals surface area contributed by atoms with Gasteiger partial charge in [0.25, 0.3) is 5.91 Å². The summed E-state index contributed by atoms with van der Waals surface area (Å²) < 4.78 is 33.1. The molecule has 1 saturated heterocycles. The summed E-state index contributed by atoms with van der Waals surface area (Å²) in [6.45, 7) is 3.85. The minimum atomic E-state index is -3.66. The summed E-state index contributed by atoms with van der Waals surface area (Å²) in [6.07, 6.45) is 3.72. The number of nitrogens with zero attached hydrogens (tertiary/aromatic N) is 2. The molecule has 2 aliphatic rings. The van der Waals surface area contributed by atoms with E-state index in [0.717, 1.165) is 22.2 Å². The van der Waals surface area contributed by atoms with Gasteiger partial charge in [-0.1, -0.05) is 18.2 Å². The van der Waals surface area contributed by atoms with Crippen LogP contribution < -0.4 is 4.90 Å². The number of para-hydroxylation sites is 1. The highest BCUT2D eigenvalue weighted by Crippen LogP contribution is 2.40. The number of likely N-dealkylation sites (N-methyl/N-ethyl adjacent to an activating group) is 1. The lowest BCUT2D eigenvalue weighted by Crippen LogP contribution is -2.40. The average molecular weight is 438 g/mol. The molecule has 1 aromatic heterocycles. The van der Waals surface area contributed by atoms with E-state index < -0.39 is 10.0 Å². The lowest BCUT2D eigenvalue weighted by atomic mass is 10.0. The molecule has 0 saturated carbocycles. The van der Waals surface area contributed by atoms with Crippen LogP contribution in [0.1, 0.15) is 18.1 Å². The number of fused-ring (bicyclic) bond motifs is 2. The van der Waals surface area contributed by atoms with Crippen LogP contribution in [0.25, 0.3) is 22.6 Å². The van der Waals surface area contributed by atoms with Gasteiger partial charge in [0.05, 0.1) is 23.8 Å². The molecule has 1 N–H and O–H groups in total. The maximum Gasteiger partial charge on any atom is 0.258 e. The number of aromatic amines is 1. The Labute approximate surface area is 181 Å². The van der Waals surface area contributed by atoms with Gasteiger partial charge in [0.15, 0.2) is 0 Å². The van der Waals surface area contributed by atoms with Gasteiger partial charge in [-0.15, -0.1) is 0 Å². The molecule has 0 aliphatic carbocycles. The molecule has 0 unspecified atom stereocenters. The number of aromatic nitrogens is 1. The van der Waals surface area contributed by atoms with Crippen LogP contribution in [0.5, 0.6) is 0 Å². The summed E-state index contributed by atoms with van der Waals surface area (Å²) in [5.74, 6) is -0.122. The van der Waals surface area contributed by atoms with Crippen LogP contribution in [0, 0.1) is 0 Å². The Morgan fingerprint density at radius 1 is 1.13 bits per heavy atom. The fourth-order valence-electron chi connectivity index (χ4n) is 4.26. The summed E-state index contributed by atoms with van der Waals surface area (Å²) in [4.78, 5) is 18.3. The van der Waals surface area contributed by atoms with Crippen molar-refractivity contribution in [2.45, 2.75) is 11.8 Å². The molecule has 0 radical (unpaired) electrons. The van der Waals surface area contributed by atoms with Crippen LogP contribution in [0.2, 0.25) is 0 Å². The van der Waals surface area contributed by atoms with Crippen LogP contribution in [0.3, 0.4) is 0 Å². The molecule has 2 aromatic carbocycles.